The molecule has 0 unspecified atom stereocenters. The molecule has 0 aliphatic heterocycles. The number of nitrogens with one attached hydrogen (secondary N) is 1. The van der Waals surface area contributed by atoms with Gasteiger partial charge in [0.1, 0.15) is 12.3 Å². The van der Waals surface area contributed by atoms with Crippen LogP contribution in [-0.4, -0.2) is 26.0 Å². The van der Waals surface area contributed by atoms with Crippen LogP contribution in [0.1, 0.15) is 0 Å². The van der Waals surface area contributed by atoms with Gasteiger partial charge in [0.2, 0.25) is 0 Å². The first-order valence-electron chi connectivity index (χ1n) is 4.57. The molecule has 4 nitrogen and oxygen atoms in total. The Hall–Kier alpha value is -1.92. The number of benzene rings is 1. The lowest BCUT2D eigenvalue weighted by atomic mass is 10.3. The lowest BCUT2D eigenvalue weighted by molar-refractivity contribution is -0.274. The van der Waals surface area contributed by atoms with Crippen molar-refractivity contribution in [1.29, 1.82) is 0 Å². The molecule has 0 aromatic heterocycles. The van der Waals surface area contributed by atoms with Crippen LogP contribution < -0.4 is 10.1 Å². The molecule has 0 amide bonds. The maximum atomic E-state index is 11.9. The standard InChI is InChI=1S/C10H10F3NO3/c1-16-9(15)6-14-7-3-2-4-8(5-7)17-10(11,12)13/h2-5,14H,6H2,1H3. The fourth-order valence-corrected chi connectivity index (χ4v) is 1.05. The number of methoxy groups -OCH3 is 1. The average Bonchev–Trinajstić information content (AvgIpc) is 2.24. The molecule has 1 rings (SSSR count). The number of rotatable bonds is 4. The number of carbonyl (C=O) groups excluding carboxylic acids is 1. The summed E-state index contributed by atoms with van der Waals surface area (Å²) in [5.41, 5.74) is 0.331. The molecule has 7 heteroatoms. The Labute approximate surface area is 95.3 Å². The monoisotopic (exact) mass is 249 g/mol. The van der Waals surface area contributed by atoms with Crippen LogP contribution in [0.4, 0.5) is 18.9 Å². The number of hydrogen-bond acceptors (Lipinski definition) is 4. The van der Waals surface area contributed by atoms with Gasteiger partial charge in [-0.2, -0.15) is 0 Å². The Morgan fingerprint density at radius 2 is 2.12 bits per heavy atom. The van der Waals surface area contributed by atoms with Crippen molar-refractivity contribution in [2.75, 3.05) is 19.0 Å². The van der Waals surface area contributed by atoms with Gasteiger partial charge in [-0.15, -0.1) is 13.2 Å². The molecule has 1 N–H and O–H groups in total. The molecule has 0 spiro atoms. The van der Waals surface area contributed by atoms with Gasteiger partial charge >= 0.3 is 12.3 Å². The van der Waals surface area contributed by atoms with E-state index in [1.165, 1.54) is 19.2 Å². The Morgan fingerprint density at radius 1 is 1.41 bits per heavy atom. The van der Waals surface area contributed by atoms with Gasteiger partial charge in [-0.1, -0.05) is 6.07 Å². The molecular formula is C10H10F3NO3. The van der Waals surface area contributed by atoms with Crippen LogP contribution in [0.2, 0.25) is 0 Å². The summed E-state index contributed by atoms with van der Waals surface area (Å²) < 4.78 is 43.9. The Balaban J connectivity index is 2.63. The summed E-state index contributed by atoms with van der Waals surface area (Å²) in [4.78, 5) is 10.8. The number of halogens is 3. The zero-order chi connectivity index (χ0) is 12.9. The number of anilines is 1. The van der Waals surface area contributed by atoms with Gasteiger partial charge in [-0.25, -0.2) is 0 Å². The van der Waals surface area contributed by atoms with E-state index in [0.717, 1.165) is 12.1 Å². The summed E-state index contributed by atoms with van der Waals surface area (Å²) >= 11 is 0. The van der Waals surface area contributed by atoms with E-state index in [9.17, 15) is 18.0 Å². The highest BCUT2D eigenvalue weighted by molar-refractivity contribution is 5.74. The summed E-state index contributed by atoms with van der Waals surface area (Å²) in [6, 6.07) is 5.18. The van der Waals surface area contributed by atoms with Crippen molar-refractivity contribution in [1.82, 2.24) is 0 Å². The van der Waals surface area contributed by atoms with Crippen LogP contribution in [-0.2, 0) is 9.53 Å². The SMILES string of the molecule is COC(=O)CNc1cccc(OC(F)(F)F)c1. The summed E-state index contributed by atoms with van der Waals surface area (Å²) in [6.07, 6.45) is -4.74. The van der Waals surface area contributed by atoms with Crippen molar-refractivity contribution in [3.05, 3.63) is 24.3 Å². The smallest absolute Gasteiger partial charge is 0.468 e. The summed E-state index contributed by atoms with van der Waals surface area (Å²) in [6.45, 7) is -0.133. The predicted molar refractivity (Wildman–Crippen MR) is 53.6 cm³/mol. The number of esters is 1. The quantitative estimate of drug-likeness (QED) is 0.831. The van der Waals surface area contributed by atoms with Gasteiger partial charge < -0.3 is 14.8 Å². The third-order valence-electron chi connectivity index (χ3n) is 1.73. The highest BCUT2D eigenvalue weighted by atomic mass is 19.4. The fourth-order valence-electron chi connectivity index (χ4n) is 1.05. The van der Waals surface area contributed by atoms with E-state index in [2.05, 4.69) is 14.8 Å². The molecule has 1 aromatic carbocycles. The van der Waals surface area contributed by atoms with Crippen LogP contribution >= 0.6 is 0 Å². The molecule has 0 saturated carbocycles. The molecule has 0 saturated heterocycles. The van der Waals surface area contributed by atoms with E-state index in [0.29, 0.717) is 5.69 Å². The van der Waals surface area contributed by atoms with Crippen molar-refractivity contribution < 1.29 is 27.4 Å². The van der Waals surface area contributed by atoms with Crippen LogP contribution in [0.25, 0.3) is 0 Å². The second-order valence-corrected chi connectivity index (χ2v) is 3.01. The number of alkyl halides is 3. The summed E-state index contributed by atoms with van der Waals surface area (Å²) in [5.74, 6) is -0.875. The van der Waals surface area contributed by atoms with Crippen LogP contribution in [0, 0.1) is 0 Å². The second kappa shape index (κ2) is 5.42. The van der Waals surface area contributed by atoms with Gasteiger partial charge in [0.15, 0.2) is 0 Å². The minimum atomic E-state index is -4.74. The van der Waals surface area contributed by atoms with E-state index in [4.69, 9.17) is 0 Å². The van der Waals surface area contributed by atoms with Crippen molar-refractivity contribution in [3.8, 4) is 5.75 Å². The van der Waals surface area contributed by atoms with E-state index < -0.39 is 12.3 Å². The molecule has 0 heterocycles. The molecular weight excluding hydrogens is 239 g/mol. The van der Waals surface area contributed by atoms with Gasteiger partial charge in [0, 0.05) is 11.8 Å². The molecule has 0 radical (unpaired) electrons. The second-order valence-electron chi connectivity index (χ2n) is 3.01. The Bertz CT molecular complexity index is 393. The topological polar surface area (TPSA) is 47.6 Å². The van der Waals surface area contributed by atoms with Crippen LogP contribution in [0.5, 0.6) is 5.75 Å². The normalized spacial score (nSPS) is 10.8. The number of ether oxygens (including phenoxy) is 2. The largest absolute Gasteiger partial charge is 0.573 e. The molecule has 0 fully saturated rings. The molecule has 1 aromatic rings. The first-order valence-corrected chi connectivity index (χ1v) is 4.57. The first-order chi connectivity index (χ1) is 7.90. The van der Waals surface area contributed by atoms with Gasteiger partial charge in [-0.3, -0.25) is 4.79 Å². The maximum Gasteiger partial charge on any atom is 0.573 e. The maximum absolute atomic E-state index is 11.9. The first kappa shape index (κ1) is 13.1. The summed E-state index contributed by atoms with van der Waals surface area (Å²) in [7, 11) is 1.22. The van der Waals surface area contributed by atoms with E-state index in [-0.39, 0.29) is 12.3 Å². The molecule has 0 atom stereocenters. The highest BCUT2D eigenvalue weighted by Crippen LogP contribution is 2.24. The third-order valence-corrected chi connectivity index (χ3v) is 1.73. The van der Waals surface area contributed by atoms with E-state index >= 15 is 0 Å². The number of carbonyl (C=O) groups is 1. The van der Waals surface area contributed by atoms with E-state index in [1.807, 2.05) is 0 Å². The van der Waals surface area contributed by atoms with Gasteiger partial charge in [0.25, 0.3) is 0 Å². The van der Waals surface area contributed by atoms with Crippen molar-refractivity contribution in [2.24, 2.45) is 0 Å². The number of hydrogen-bond donors (Lipinski definition) is 1. The lowest BCUT2D eigenvalue weighted by Crippen LogP contribution is -2.18. The molecule has 17 heavy (non-hydrogen) atoms. The average molecular weight is 249 g/mol. The molecule has 0 aliphatic carbocycles. The third kappa shape index (κ3) is 5.10. The van der Waals surface area contributed by atoms with Gasteiger partial charge in [0.05, 0.1) is 7.11 Å². The zero-order valence-electron chi connectivity index (χ0n) is 8.88. The molecule has 0 bridgehead atoms. The Morgan fingerprint density at radius 3 is 2.71 bits per heavy atom. The Kier molecular flexibility index (Phi) is 4.19. The van der Waals surface area contributed by atoms with Gasteiger partial charge in [-0.05, 0) is 12.1 Å². The highest BCUT2D eigenvalue weighted by Gasteiger charge is 2.31. The van der Waals surface area contributed by atoms with E-state index in [1.54, 1.807) is 0 Å². The van der Waals surface area contributed by atoms with Crippen molar-refractivity contribution in [3.63, 3.8) is 0 Å². The van der Waals surface area contributed by atoms with Crippen molar-refractivity contribution in [2.45, 2.75) is 6.36 Å². The van der Waals surface area contributed by atoms with Crippen LogP contribution in [0.3, 0.4) is 0 Å². The molecule has 94 valence electrons. The predicted octanol–water partition coefficient (Wildman–Crippen LogP) is 2.17. The minimum Gasteiger partial charge on any atom is -0.468 e. The zero-order valence-corrected chi connectivity index (χ0v) is 8.88. The molecule has 0 aliphatic rings. The minimum absolute atomic E-state index is 0.133. The fraction of sp³-hybridized carbons (Fsp3) is 0.300. The van der Waals surface area contributed by atoms with Crippen molar-refractivity contribution >= 4 is 11.7 Å². The van der Waals surface area contributed by atoms with Crippen LogP contribution in [0.15, 0.2) is 24.3 Å². The lowest BCUT2D eigenvalue weighted by Gasteiger charge is -2.10. The summed E-state index contributed by atoms with van der Waals surface area (Å²) in [5, 5.41) is 2.60.